The van der Waals surface area contributed by atoms with Gasteiger partial charge in [0, 0.05) is 24.7 Å². The maximum Gasteiger partial charge on any atom is 0.415 e. The molecule has 1 aromatic rings. The molecular weight excluding hydrogens is 376 g/mol. The van der Waals surface area contributed by atoms with Crippen LogP contribution >= 0.6 is 0 Å². The Bertz CT molecular complexity index is 901. The smallest absolute Gasteiger partial charge is 0.415 e. The lowest BCUT2D eigenvalue weighted by Gasteiger charge is -2.33. The molecule has 3 aliphatic heterocycles. The highest BCUT2D eigenvalue weighted by molar-refractivity contribution is 7.86. The molecule has 0 radical (unpaired) electrons. The van der Waals surface area contributed by atoms with Crippen molar-refractivity contribution >= 4 is 33.5 Å². The molecule has 2 fully saturated rings. The number of hydrogen-bond donors (Lipinski definition) is 1. The van der Waals surface area contributed by atoms with E-state index in [1.54, 1.807) is 23.1 Å². The fraction of sp³-hybridized carbons (Fsp3) is 0.529. The molecule has 9 nitrogen and oxygen atoms in total. The fourth-order valence-electron chi connectivity index (χ4n) is 3.80. The maximum absolute atomic E-state index is 12.4. The van der Waals surface area contributed by atoms with Crippen molar-refractivity contribution in [1.82, 2.24) is 0 Å². The number of hydrogen-bond acceptors (Lipinski definition) is 6. The summed E-state index contributed by atoms with van der Waals surface area (Å²) in [5.74, 6) is 0.483. The van der Waals surface area contributed by atoms with Gasteiger partial charge >= 0.3 is 6.09 Å². The Hall–Kier alpha value is -2.33. The van der Waals surface area contributed by atoms with Gasteiger partial charge in [-0.2, -0.15) is 8.42 Å². The number of rotatable bonds is 3. The molecule has 10 heteroatoms. The lowest BCUT2D eigenvalue weighted by atomic mass is 10.1. The third-order valence-corrected chi connectivity index (χ3v) is 6.53. The molecule has 3 heterocycles. The third-order valence-electron chi connectivity index (χ3n) is 5.32. The van der Waals surface area contributed by atoms with Crippen LogP contribution in [0.1, 0.15) is 26.2 Å². The largest absolute Gasteiger partial charge is 0.489 e. The summed E-state index contributed by atoms with van der Waals surface area (Å²) in [5.41, 5.74) is 1.15. The summed E-state index contributed by atoms with van der Waals surface area (Å²) in [5, 5.41) is -1.27. The predicted octanol–water partition coefficient (Wildman–Crippen LogP) is 1.57. The molecule has 146 valence electrons. The van der Waals surface area contributed by atoms with Crippen LogP contribution in [-0.4, -0.2) is 55.5 Å². The quantitative estimate of drug-likeness (QED) is 0.772. The monoisotopic (exact) mass is 396 g/mol. The average molecular weight is 396 g/mol. The number of cyclic esters (lactones) is 1. The average Bonchev–Trinajstić information content (AvgIpc) is 2.97. The molecule has 27 heavy (non-hydrogen) atoms. The van der Waals surface area contributed by atoms with E-state index in [-0.39, 0.29) is 12.5 Å². The number of benzene rings is 1. The van der Waals surface area contributed by atoms with E-state index in [0.717, 1.165) is 12.8 Å². The van der Waals surface area contributed by atoms with Gasteiger partial charge in [-0.1, -0.05) is 0 Å². The molecule has 3 aliphatic rings. The van der Waals surface area contributed by atoms with Gasteiger partial charge in [0.1, 0.15) is 29.8 Å². The second-order valence-corrected chi connectivity index (χ2v) is 8.74. The van der Waals surface area contributed by atoms with Gasteiger partial charge in [-0.25, -0.2) is 4.79 Å². The van der Waals surface area contributed by atoms with Crippen molar-refractivity contribution in [2.75, 3.05) is 23.0 Å². The lowest BCUT2D eigenvalue weighted by Crippen LogP contribution is -2.49. The summed E-state index contributed by atoms with van der Waals surface area (Å²) in [6, 6.07) is 4.45. The first-order chi connectivity index (χ1) is 12.8. The molecule has 0 saturated carbocycles. The van der Waals surface area contributed by atoms with E-state index in [4.69, 9.17) is 9.47 Å². The Morgan fingerprint density at radius 2 is 2.04 bits per heavy atom. The van der Waals surface area contributed by atoms with Crippen molar-refractivity contribution in [3.05, 3.63) is 18.2 Å². The van der Waals surface area contributed by atoms with Crippen molar-refractivity contribution in [3.63, 3.8) is 0 Å². The number of ether oxygens (including phenoxy) is 2. The van der Waals surface area contributed by atoms with Gasteiger partial charge in [-0.05, 0) is 31.9 Å². The van der Waals surface area contributed by atoms with Gasteiger partial charge in [0.15, 0.2) is 0 Å². The Balaban J connectivity index is 1.64. The minimum atomic E-state index is -4.37. The first kappa shape index (κ1) is 18.1. The van der Waals surface area contributed by atoms with E-state index in [2.05, 4.69) is 0 Å². The molecule has 0 aromatic heterocycles. The summed E-state index contributed by atoms with van der Waals surface area (Å²) in [4.78, 5) is 27.5. The minimum Gasteiger partial charge on any atom is -0.489 e. The van der Waals surface area contributed by atoms with Crippen molar-refractivity contribution in [1.29, 1.82) is 0 Å². The van der Waals surface area contributed by atoms with Crippen molar-refractivity contribution in [2.45, 2.75) is 43.6 Å². The zero-order valence-electron chi connectivity index (χ0n) is 14.7. The molecule has 2 saturated heterocycles. The van der Waals surface area contributed by atoms with Crippen molar-refractivity contribution < 1.29 is 32.0 Å². The van der Waals surface area contributed by atoms with Crippen LogP contribution < -0.4 is 14.5 Å². The molecular formula is C17H20N2O7S. The van der Waals surface area contributed by atoms with Crippen molar-refractivity contribution in [3.8, 4) is 5.75 Å². The number of carbonyl (C=O) groups excluding carboxylic acids is 2. The van der Waals surface area contributed by atoms with Gasteiger partial charge in [-0.15, -0.1) is 0 Å². The van der Waals surface area contributed by atoms with E-state index >= 15 is 0 Å². The Labute approximate surface area is 156 Å². The van der Waals surface area contributed by atoms with Crippen LogP contribution in [0.4, 0.5) is 16.2 Å². The number of fused-ring (bicyclic) bond motifs is 3. The van der Waals surface area contributed by atoms with Crippen LogP contribution in [0.15, 0.2) is 18.2 Å². The zero-order valence-corrected chi connectivity index (χ0v) is 15.5. The zero-order chi connectivity index (χ0) is 19.3. The third kappa shape index (κ3) is 3.02. The van der Waals surface area contributed by atoms with E-state index < -0.39 is 33.6 Å². The summed E-state index contributed by atoms with van der Waals surface area (Å²) in [7, 11) is -4.37. The number of piperidine rings is 1. The summed E-state index contributed by atoms with van der Waals surface area (Å²) < 4.78 is 43.2. The van der Waals surface area contributed by atoms with Crippen LogP contribution in [0, 0.1) is 0 Å². The van der Waals surface area contributed by atoms with E-state index in [1.165, 1.54) is 11.8 Å². The van der Waals surface area contributed by atoms with Crippen LogP contribution in [0.3, 0.4) is 0 Å². The molecule has 1 N–H and O–H groups in total. The van der Waals surface area contributed by atoms with Crippen molar-refractivity contribution in [2.24, 2.45) is 0 Å². The molecule has 0 spiro atoms. The lowest BCUT2D eigenvalue weighted by molar-refractivity contribution is -0.119. The molecule has 1 unspecified atom stereocenters. The first-order valence-electron chi connectivity index (χ1n) is 8.81. The van der Waals surface area contributed by atoms with Gasteiger partial charge in [0.2, 0.25) is 5.91 Å². The number of carbonyl (C=O) groups is 2. The van der Waals surface area contributed by atoms with Gasteiger partial charge in [-0.3, -0.25) is 14.2 Å². The highest BCUT2D eigenvalue weighted by Crippen LogP contribution is 2.42. The fourth-order valence-corrected chi connectivity index (χ4v) is 4.37. The first-order valence-corrected chi connectivity index (χ1v) is 10.3. The number of anilines is 2. The minimum absolute atomic E-state index is 0.0284. The second-order valence-electron chi connectivity index (χ2n) is 6.97. The van der Waals surface area contributed by atoms with E-state index in [1.807, 2.05) is 0 Å². The van der Waals surface area contributed by atoms with Crippen LogP contribution in [0.5, 0.6) is 5.75 Å². The second kappa shape index (κ2) is 6.38. The van der Waals surface area contributed by atoms with Gasteiger partial charge < -0.3 is 14.4 Å². The molecule has 1 aromatic carbocycles. The summed E-state index contributed by atoms with van der Waals surface area (Å²) in [6.45, 7) is 1.96. The highest BCUT2D eigenvalue weighted by atomic mass is 32.2. The number of amides is 2. The van der Waals surface area contributed by atoms with Gasteiger partial charge in [0.05, 0.1) is 5.69 Å². The molecule has 4 rings (SSSR count). The summed E-state index contributed by atoms with van der Waals surface area (Å²) >= 11 is 0. The Morgan fingerprint density at radius 3 is 2.74 bits per heavy atom. The number of nitrogens with zero attached hydrogens (tertiary/aromatic N) is 2. The van der Waals surface area contributed by atoms with Crippen LogP contribution in [0.25, 0.3) is 0 Å². The Morgan fingerprint density at radius 1 is 1.26 bits per heavy atom. The standard InChI is InChI=1S/C17H20N2O7S/c1-10(27(22,23)24)16-13-9-25-14-8-11(18-7-3-2-4-15(18)20)5-6-12(14)19(13)17(21)26-16/h5-6,8,10,13,16H,2-4,7,9H2,1H3,(H,22,23,24)/t10?,13-,16-/m0/s1. The predicted molar refractivity (Wildman–Crippen MR) is 95.7 cm³/mol. The molecule has 0 bridgehead atoms. The topological polar surface area (TPSA) is 113 Å². The normalized spacial score (nSPS) is 26.1. The van der Waals surface area contributed by atoms with E-state index in [0.29, 0.717) is 30.1 Å². The summed E-state index contributed by atoms with van der Waals surface area (Å²) in [6.07, 6.45) is 0.592. The van der Waals surface area contributed by atoms with Crippen LogP contribution in [0.2, 0.25) is 0 Å². The molecule has 3 atom stereocenters. The van der Waals surface area contributed by atoms with Gasteiger partial charge in [0.25, 0.3) is 10.1 Å². The van der Waals surface area contributed by atoms with E-state index in [9.17, 15) is 22.6 Å². The SMILES string of the molecule is CC([C@@H]1OC(=O)N2c3ccc(N4CCCCC4=O)cc3OC[C@@H]12)S(=O)(=O)O. The van der Waals surface area contributed by atoms with Crippen LogP contribution in [-0.2, 0) is 19.6 Å². The molecule has 0 aliphatic carbocycles. The Kier molecular flexibility index (Phi) is 4.26. The highest BCUT2D eigenvalue weighted by Gasteiger charge is 2.51. The maximum atomic E-state index is 12.4. The molecule has 2 amide bonds.